The van der Waals surface area contributed by atoms with Crippen LogP contribution in [0.25, 0.3) is 0 Å². The molecule has 1 aromatic heterocycles. The summed E-state index contributed by atoms with van der Waals surface area (Å²) in [6.07, 6.45) is 1.06. The molecule has 9 heteroatoms. The van der Waals surface area contributed by atoms with Gasteiger partial charge in [0.05, 0.1) is 5.56 Å². The monoisotopic (exact) mass is 377 g/mol. The van der Waals surface area contributed by atoms with Crippen molar-refractivity contribution in [1.82, 2.24) is 10.3 Å². The van der Waals surface area contributed by atoms with Crippen molar-refractivity contribution in [3.05, 3.63) is 23.4 Å². The third kappa shape index (κ3) is 8.68. The van der Waals surface area contributed by atoms with Crippen LogP contribution in [0.1, 0.15) is 67.9 Å². The van der Waals surface area contributed by atoms with E-state index in [1.54, 1.807) is 13.1 Å². The van der Waals surface area contributed by atoms with Gasteiger partial charge in [0.1, 0.15) is 5.82 Å². The van der Waals surface area contributed by atoms with E-state index in [0.29, 0.717) is 17.3 Å². The molecule has 1 rings (SSSR count). The molecule has 0 radical (unpaired) electrons. The second kappa shape index (κ2) is 11.3. The van der Waals surface area contributed by atoms with E-state index >= 15 is 0 Å². The van der Waals surface area contributed by atoms with Crippen LogP contribution in [0.5, 0.6) is 0 Å². The highest BCUT2D eigenvalue weighted by molar-refractivity contribution is 5.98. The summed E-state index contributed by atoms with van der Waals surface area (Å²) in [7, 11) is 1.59. The molecule has 1 unspecified atom stereocenters. The lowest BCUT2D eigenvalue weighted by molar-refractivity contribution is -0.192. The first kappa shape index (κ1) is 23.7. The van der Waals surface area contributed by atoms with E-state index in [1.165, 1.54) is 25.7 Å². The first-order chi connectivity index (χ1) is 12.0. The lowest BCUT2D eigenvalue weighted by Crippen LogP contribution is -2.21. The smallest absolute Gasteiger partial charge is 0.475 e. The summed E-state index contributed by atoms with van der Waals surface area (Å²) in [5, 5.41) is 9.69. The third-order valence-electron chi connectivity index (χ3n) is 3.66. The molecule has 0 spiro atoms. The Labute approximate surface area is 151 Å². The fourth-order valence-electron chi connectivity index (χ4n) is 2.12. The highest BCUT2D eigenvalue weighted by Gasteiger charge is 2.38. The number of aromatic nitrogens is 1. The van der Waals surface area contributed by atoms with Gasteiger partial charge in [-0.2, -0.15) is 13.2 Å². The van der Waals surface area contributed by atoms with E-state index in [0.717, 1.165) is 12.1 Å². The minimum absolute atomic E-state index is 0.188. The van der Waals surface area contributed by atoms with Crippen molar-refractivity contribution < 1.29 is 27.9 Å². The summed E-state index contributed by atoms with van der Waals surface area (Å²) in [4.78, 5) is 24.8. The van der Waals surface area contributed by atoms with Gasteiger partial charge in [0.2, 0.25) is 0 Å². The van der Waals surface area contributed by atoms with Gasteiger partial charge in [-0.1, -0.05) is 39.5 Å². The van der Waals surface area contributed by atoms with Crippen LogP contribution in [0.2, 0.25) is 0 Å². The zero-order valence-electron chi connectivity index (χ0n) is 15.2. The molecule has 0 saturated heterocycles. The van der Waals surface area contributed by atoms with Crippen LogP contribution in [0.3, 0.4) is 0 Å². The van der Waals surface area contributed by atoms with Crippen molar-refractivity contribution in [2.75, 3.05) is 12.8 Å². The largest absolute Gasteiger partial charge is 0.490 e. The summed E-state index contributed by atoms with van der Waals surface area (Å²) in [5.41, 5.74) is 7.26. The first-order valence-corrected chi connectivity index (χ1v) is 8.33. The Morgan fingerprint density at radius 2 is 1.85 bits per heavy atom. The average molecular weight is 377 g/mol. The Kier molecular flexibility index (Phi) is 10.3. The van der Waals surface area contributed by atoms with Crippen molar-refractivity contribution in [3.63, 3.8) is 0 Å². The molecule has 1 atom stereocenters. The van der Waals surface area contributed by atoms with E-state index in [9.17, 15) is 18.0 Å². The molecule has 0 bridgehead atoms. The quantitative estimate of drug-likeness (QED) is 0.628. The van der Waals surface area contributed by atoms with Crippen molar-refractivity contribution >= 4 is 17.7 Å². The molecule has 1 amide bonds. The lowest BCUT2D eigenvalue weighted by Gasteiger charge is -2.12. The molecular weight excluding hydrogens is 351 g/mol. The van der Waals surface area contributed by atoms with Gasteiger partial charge in [-0.05, 0) is 24.5 Å². The summed E-state index contributed by atoms with van der Waals surface area (Å²) >= 11 is 0. The number of carbonyl (C=O) groups is 2. The van der Waals surface area contributed by atoms with Gasteiger partial charge >= 0.3 is 12.1 Å². The molecule has 6 nitrogen and oxygen atoms in total. The zero-order chi connectivity index (χ0) is 20.3. The van der Waals surface area contributed by atoms with Gasteiger partial charge < -0.3 is 16.2 Å². The summed E-state index contributed by atoms with van der Waals surface area (Å²) in [6, 6.07) is 3.67. The Morgan fingerprint density at radius 1 is 1.27 bits per heavy atom. The van der Waals surface area contributed by atoms with Crippen LogP contribution in [0.4, 0.5) is 19.0 Å². The predicted molar refractivity (Wildman–Crippen MR) is 92.9 cm³/mol. The van der Waals surface area contributed by atoms with Gasteiger partial charge in [0.15, 0.2) is 0 Å². The van der Waals surface area contributed by atoms with Crippen LogP contribution in [0, 0.1) is 0 Å². The number of alkyl halides is 3. The number of rotatable bonds is 7. The first-order valence-electron chi connectivity index (χ1n) is 8.33. The molecule has 0 fully saturated rings. The highest BCUT2D eigenvalue weighted by atomic mass is 19.4. The molecule has 1 aromatic rings. The van der Waals surface area contributed by atoms with Gasteiger partial charge in [0.25, 0.3) is 5.91 Å². The maximum atomic E-state index is 11.5. The molecule has 0 aliphatic heterocycles. The number of hydrogen-bond acceptors (Lipinski definition) is 4. The van der Waals surface area contributed by atoms with Gasteiger partial charge in [0, 0.05) is 12.7 Å². The number of aliphatic carboxylic acids is 1. The van der Waals surface area contributed by atoms with E-state index in [4.69, 9.17) is 15.6 Å². The van der Waals surface area contributed by atoms with Gasteiger partial charge in [-0.3, -0.25) is 4.79 Å². The summed E-state index contributed by atoms with van der Waals surface area (Å²) in [5.74, 6) is -2.24. The zero-order valence-corrected chi connectivity index (χ0v) is 15.2. The van der Waals surface area contributed by atoms with Crippen LogP contribution in [0.15, 0.2) is 12.1 Å². The fourth-order valence-corrected chi connectivity index (χ4v) is 2.12. The second-order valence-electron chi connectivity index (χ2n) is 5.80. The number of nitrogen functional groups attached to an aromatic ring is 1. The Morgan fingerprint density at radius 3 is 2.27 bits per heavy atom. The maximum absolute atomic E-state index is 11.5. The fraction of sp³-hybridized carbons (Fsp3) is 0.588. The summed E-state index contributed by atoms with van der Waals surface area (Å²) < 4.78 is 31.7. The van der Waals surface area contributed by atoms with Gasteiger partial charge in [-0.15, -0.1) is 0 Å². The van der Waals surface area contributed by atoms with Crippen LogP contribution >= 0.6 is 0 Å². The molecule has 26 heavy (non-hydrogen) atoms. The molecule has 4 N–H and O–H groups in total. The number of pyridine rings is 1. The second-order valence-corrected chi connectivity index (χ2v) is 5.80. The van der Waals surface area contributed by atoms with E-state index in [-0.39, 0.29) is 5.91 Å². The maximum Gasteiger partial charge on any atom is 0.490 e. The molecular formula is C17H26F3N3O3. The van der Waals surface area contributed by atoms with E-state index < -0.39 is 12.1 Å². The Balaban J connectivity index is 0.000000758. The molecule has 1 heterocycles. The molecule has 0 aromatic carbocycles. The van der Waals surface area contributed by atoms with Gasteiger partial charge in [-0.25, -0.2) is 9.78 Å². The van der Waals surface area contributed by atoms with Crippen LogP contribution in [-0.4, -0.2) is 35.2 Å². The summed E-state index contributed by atoms with van der Waals surface area (Å²) in [6.45, 7) is 4.37. The number of halogens is 3. The van der Waals surface area contributed by atoms with Crippen molar-refractivity contribution in [2.24, 2.45) is 0 Å². The van der Waals surface area contributed by atoms with Crippen molar-refractivity contribution in [3.8, 4) is 0 Å². The standard InChI is InChI=1S/C15H25N3O.C2HF3O2/c1-4-5-6-7-8-11(2)13-10-9-12(14(16)18-13)15(19)17-3;3-2(4,5)1(6)7/h9-11H,4-8H2,1-3H3,(H2,16,18)(H,17,19);(H,6,7). The Hall–Kier alpha value is -2.32. The van der Waals surface area contributed by atoms with Crippen LogP contribution in [-0.2, 0) is 4.79 Å². The number of unbranched alkanes of at least 4 members (excludes halogenated alkanes) is 3. The van der Waals surface area contributed by atoms with Crippen molar-refractivity contribution in [2.45, 2.75) is 58.0 Å². The number of carboxylic acids is 1. The molecule has 148 valence electrons. The minimum atomic E-state index is -5.08. The highest BCUT2D eigenvalue weighted by Crippen LogP contribution is 2.22. The molecule has 0 aliphatic rings. The normalized spacial score (nSPS) is 11.9. The van der Waals surface area contributed by atoms with E-state index in [1.807, 2.05) is 6.07 Å². The minimum Gasteiger partial charge on any atom is -0.475 e. The van der Waals surface area contributed by atoms with Crippen molar-refractivity contribution in [1.29, 1.82) is 0 Å². The third-order valence-corrected chi connectivity index (χ3v) is 3.66. The number of nitrogens with two attached hydrogens (primary N) is 1. The van der Waals surface area contributed by atoms with Crippen LogP contribution < -0.4 is 11.1 Å². The predicted octanol–water partition coefficient (Wildman–Crippen LogP) is 3.73. The molecule has 0 saturated carbocycles. The average Bonchev–Trinajstić information content (AvgIpc) is 2.57. The number of hydrogen-bond donors (Lipinski definition) is 3. The number of carbonyl (C=O) groups excluding carboxylic acids is 1. The number of anilines is 1. The number of amides is 1. The lowest BCUT2D eigenvalue weighted by atomic mass is 9.98. The molecule has 0 aliphatic carbocycles. The number of nitrogens with one attached hydrogen (secondary N) is 1. The van der Waals surface area contributed by atoms with E-state index in [2.05, 4.69) is 24.1 Å². The Bertz CT molecular complexity index is 592. The number of carboxylic acid groups (broad SMARTS) is 1. The number of nitrogens with zero attached hydrogens (tertiary/aromatic N) is 1. The topological polar surface area (TPSA) is 105 Å². The SMILES string of the molecule is CCCCCCC(C)c1ccc(C(=O)NC)c(N)n1.O=C(O)C(F)(F)F.